The minimum Gasteiger partial charge on any atom is -0.444 e. The molecule has 9 nitrogen and oxygen atoms in total. The molecule has 0 radical (unpaired) electrons. The number of rotatable bonds is 4. The summed E-state index contributed by atoms with van der Waals surface area (Å²) in [7, 11) is 0. The molecule has 1 saturated heterocycles. The molecule has 3 N–H and O–H groups in total. The number of nitrogens with two attached hydrogens (primary N) is 1. The third kappa shape index (κ3) is 7.05. The predicted octanol–water partition coefficient (Wildman–Crippen LogP) is 1.59. The van der Waals surface area contributed by atoms with Crippen LogP contribution in [0.2, 0.25) is 0 Å². The Bertz CT molecular complexity index is 721. The lowest BCUT2D eigenvalue weighted by molar-refractivity contribution is -0.116. The monoisotopic (exact) mass is 390 g/mol. The number of guanidine groups is 1. The maximum Gasteiger partial charge on any atom is 0.410 e. The average molecular weight is 390 g/mol. The van der Waals surface area contributed by atoms with E-state index < -0.39 is 5.60 Å². The molecule has 1 aromatic rings. The first-order chi connectivity index (χ1) is 13.1. The van der Waals surface area contributed by atoms with Crippen molar-refractivity contribution in [2.75, 3.05) is 38.0 Å². The molecule has 0 saturated carbocycles. The number of nitrogens with zero attached hydrogens (tertiary/aromatic N) is 4. The lowest BCUT2D eigenvalue weighted by atomic mass is 10.2. The van der Waals surface area contributed by atoms with Crippen LogP contribution in [0, 0.1) is 6.92 Å². The first kappa shape index (κ1) is 21.5. The summed E-state index contributed by atoms with van der Waals surface area (Å²) in [5.41, 5.74) is 6.36. The number of amides is 2. The molecular weight excluding hydrogens is 360 g/mol. The highest BCUT2D eigenvalue weighted by molar-refractivity contribution is 5.90. The van der Waals surface area contributed by atoms with Gasteiger partial charge in [-0.3, -0.25) is 9.79 Å². The smallest absolute Gasteiger partial charge is 0.410 e. The zero-order chi connectivity index (χ0) is 20.7. The molecule has 1 aliphatic rings. The third-order valence-corrected chi connectivity index (χ3v) is 4.02. The highest BCUT2D eigenvalue weighted by atomic mass is 16.6. The van der Waals surface area contributed by atoms with Gasteiger partial charge in [-0.1, -0.05) is 6.07 Å². The Balaban J connectivity index is 1.74. The van der Waals surface area contributed by atoms with E-state index in [1.807, 2.05) is 44.7 Å². The van der Waals surface area contributed by atoms with E-state index >= 15 is 0 Å². The van der Waals surface area contributed by atoms with Gasteiger partial charge in [0.1, 0.15) is 11.4 Å². The summed E-state index contributed by atoms with van der Waals surface area (Å²) in [5, 5.41) is 2.74. The van der Waals surface area contributed by atoms with Crippen molar-refractivity contribution >= 4 is 23.8 Å². The van der Waals surface area contributed by atoms with Gasteiger partial charge >= 0.3 is 6.09 Å². The summed E-state index contributed by atoms with van der Waals surface area (Å²) in [6.45, 7) is 9.88. The van der Waals surface area contributed by atoms with Crippen molar-refractivity contribution in [2.24, 2.45) is 10.7 Å². The van der Waals surface area contributed by atoms with Gasteiger partial charge in [0.2, 0.25) is 5.91 Å². The molecular formula is C19H30N6O3. The second-order valence-corrected chi connectivity index (χ2v) is 7.66. The van der Waals surface area contributed by atoms with E-state index in [4.69, 9.17) is 10.5 Å². The number of hydrogen-bond donors (Lipinski definition) is 2. The molecule has 9 heteroatoms. The van der Waals surface area contributed by atoms with Gasteiger partial charge in [-0.25, -0.2) is 9.78 Å². The van der Waals surface area contributed by atoms with E-state index in [1.165, 1.54) is 0 Å². The number of aromatic nitrogens is 1. The van der Waals surface area contributed by atoms with Crippen molar-refractivity contribution < 1.29 is 14.3 Å². The molecule has 1 aliphatic heterocycles. The van der Waals surface area contributed by atoms with Gasteiger partial charge in [0.25, 0.3) is 0 Å². The van der Waals surface area contributed by atoms with E-state index in [9.17, 15) is 9.59 Å². The average Bonchev–Trinajstić information content (AvgIpc) is 2.60. The molecule has 2 rings (SSSR count). The number of aliphatic imine (C=N–C) groups is 1. The first-order valence-corrected chi connectivity index (χ1v) is 9.40. The first-order valence-electron chi connectivity index (χ1n) is 9.40. The summed E-state index contributed by atoms with van der Waals surface area (Å²) in [4.78, 5) is 36.1. The van der Waals surface area contributed by atoms with Crippen LogP contribution in [-0.4, -0.2) is 71.1 Å². The van der Waals surface area contributed by atoms with Crippen LogP contribution < -0.4 is 11.1 Å². The van der Waals surface area contributed by atoms with E-state index in [-0.39, 0.29) is 25.0 Å². The topological polar surface area (TPSA) is 113 Å². The Hall–Kier alpha value is -2.84. The predicted molar refractivity (Wildman–Crippen MR) is 108 cm³/mol. The Morgan fingerprint density at radius 2 is 1.86 bits per heavy atom. The van der Waals surface area contributed by atoms with Gasteiger partial charge in [0.05, 0.1) is 6.54 Å². The lowest BCUT2D eigenvalue weighted by Crippen LogP contribution is -2.53. The Morgan fingerprint density at radius 1 is 1.21 bits per heavy atom. The molecule has 2 heterocycles. The second-order valence-electron chi connectivity index (χ2n) is 7.66. The van der Waals surface area contributed by atoms with Crippen molar-refractivity contribution in [2.45, 2.75) is 39.7 Å². The molecule has 0 aromatic carbocycles. The molecule has 0 bridgehead atoms. The van der Waals surface area contributed by atoms with Gasteiger partial charge in [0, 0.05) is 38.3 Å². The maximum atomic E-state index is 12.1. The normalized spacial score (nSPS) is 15.4. The zero-order valence-corrected chi connectivity index (χ0v) is 17.1. The number of piperazine rings is 1. The molecule has 0 unspecified atom stereocenters. The van der Waals surface area contributed by atoms with Crippen LogP contribution in [0.1, 0.15) is 32.9 Å². The van der Waals surface area contributed by atoms with E-state index in [1.54, 1.807) is 11.0 Å². The summed E-state index contributed by atoms with van der Waals surface area (Å²) in [5.74, 6) is 0.745. The number of anilines is 1. The van der Waals surface area contributed by atoms with Crippen molar-refractivity contribution in [1.29, 1.82) is 0 Å². The number of pyridine rings is 1. The highest BCUT2D eigenvalue weighted by Crippen LogP contribution is 2.12. The van der Waals surface area contributed by atoms with Crippen LogP contribution >= 0.6 is 0 Å². The van der Waals surface area contributed by atoms with Gasteiger partial charge in [-0.15, -0.1) is 0 Å². The number of nitrogens with one attached hydrogen (secondary N) is 1. The van der Waals surface area contributed by atoms with Crippen molar-refractivity contribution in [3.05, 3.63) is 23.9 Å². The number of ether oxygens (including phenoxy) is 1. The number of aryl methyl sites for hydroxylation is 1. The lowest BCUT2D eigenvalue weighted by Gasteiger charge is -2.36. The zero-order valence-electron chi connectivity index (χ0n) is 17.1. The fourth-order valence-electron chi connectivity index (χ4n) is 2.63. The van der Waals surface area contributed by atoms with Gasteiger partial charge in [-0.2, -0.15) is 0 Å². The molecule has 0 aliphatic carbocycles. The molecule has 2 amide bonds. The molecule has 154 valence electrons. The van der Waals surface area contributed by atoms with Crippen LogP contribution in [-0.2, 0) is 9.53 Å². The molecule has 1 aromatic heterocycles. The number of carbonyl (C=O) groups is 2. The summed E-state index contributed by atoms with van der Waals surface area (Å²) in [6, 6.07) is 5.45. The minimum atomic E-state index is -0.511. The van der Waals surface area contributed by atoms with Crippen molar-refractivity contribution in [1.82, 2.24) is 14.8 Å². The van der Waals surface area contributed by atoms with Gasteiger partial charge < -0.3 is 25.6 Å². The number of hydrogen-bond acceptors (Lipinski definition) is 5. The second kappa shape index (κ2) is 9.38. The van der Waals surface area contributed by atoms with Gasteiger partial charge in [0.15, 0.2) is 5.96 Å². The summed E-state index contributed by atoms with van der Waals surface area (Å²) >= 11 is 0. The van der Waals surface area contributed by atoms with Crippen LogP contribution in [0.5, 0.6) is 0 Å². The quantitative estimate of drug-likeness (QED) is 0.596. The van der Waals surface area contributed by atoms with Crippen molar-refractivity contribution in [3.8, 4) is 0 Å². The standard InChI is InChI=1S/C19H30N6O3/c1-14-6-5-7-15(22-14)23-16(26)8-9-21-17(20)24-10-12-25(13-11-24)18(27)28-19(2,3)4/h5-7H,8-13H2,1-4H3,(H2,20,21)(H,22,23,26). The van der Waals surface area contributed by atoms with Crippen molar-refractivity contribution in [3.63, 3.8) is 0 Å². The molecule has 1 fully saturated rings. The molecule has 0 atom stereocenters. The fraction of sp³-hybridized carbons (Fsp3) is 0.579. The summed E-state index contributed by atoms with van der Waals surface area (Å²) < 4.78 is 5.38. The summed E-state index contributed by atoms with van der Waals surface area (Å²) in [6.07, 6.45) is -0.0992. The molecule has 0 spiro atoms. The van der Waals surface area contributed by atoms with E-state index in [2.05, 4.69) is 15.3 Å². The Morgan fingerprint density at radius 3 is 2.46 bits per heavy atom. The maximum absolute atomic E-state index is 12.1. The highest BCUT2D eigenvalue weighted by Gasteiger charge is 2.26. The minimum absolute atomic E-state index is 0.163. The third-order valence-electron chi connectivity index (χ3n) is 4.02. The van der Waals surface area contributed by atoms with E-state index in [0.29, 0.717) is 38.0 Å². The van der Waals surface area contributed by atoms with Crippen LogP contribution in [0.4, 0.5) is 10.6 Å². The molecule has 28 heavy (non-hydrogen) atoms. The van der Waals surface area contributed by atoms with Crippen LogP contribution in [0.25, 0.3) is 0 Å². The number of carbonyl (C=O) groups excluding carboxylic acids is 2. The van der Waals surface area contributed by atoms with E-state index in [0.717, 1.165) is 5.69 Å². The SMILES string of the molecule is Cc1cccc(NC(=O)CCN=C(N)N2CCN(C(=O)OC(C)(C)C)CC2)n1. The van der Waals surface area contributed by atoms with Crippen LogP contribution in [0.3, 0.4) is 0 Å². The van der Waals surface area contributed by atoms with Crippen LogP contribution in [0.15, 0.2) is 23.2 Å². The Kier molecular flexibility index (Phi) is 7.19. The van der Waals surface area contributed by atoms with Gasteiger partial charge in [-0.05, 0) is 39.8 Å². The largest absolute Gasteiger partial charge is 0.444 e. The fourth-order valence-corrected chi connectivity index (χ4v) is 2.63. The Labute approximate surface area is 165 Å².